The molecule has 1 aromatic carbocycles. The van der Waals surface area contributed by atoms with Crippen molar-refractivity contribution in [2.75, 3.05) is 20.7 Å². The lowest BCUT2D eigenvalue weighted by molar-refractivity contribution is -0.141. The normalized spacial score (nSPS) is 36.9. The van der Waals surface area contributed by atoms with Crippen molar-refractivity contribution in [3.63, 3.8) is 0 Å². The van der Waals surface area contributed by atoms with E-state index in [4.69, 9.17) is 27.9 Å². The Hall–Kier alpha value is -2.58. The molecule has 3 fully saturated rings. The number of carbonyl (C=O) groups is 4. The van der Waals surface area contributed by atoms with E-state index < -0.39 is 45.2 Å². The first-order chi connectivity index (χ1) is 16.0. The second-order valence-electron chi connectivity index (χ2n) is 9.35. The minimum absolute atomic E-state index is 0.0464. The number of aromatic hydroxyl groups is 1. The van der Waals surface area contributed by atoms with Crippen LogP contribution in [-0.2, 0) is 19.2 Å². The molecule has 4 amide bonds. The van der Waals surface area contributed by atoms with Gasteiger partial charge < -0.3 is 9.84 Å². The highest BCUT2D eigenvalue weighted by molar-refractivity contribution is 6.53. The largest absolute Gasteiger partial charge is 0.504 e. The zero-order valence-electron chi connectivity index (χ0n) is 18.9. The van der Waals surface area contributed by atoms with Crippen molar-refractivity contribution in [1.29, 1.82) is 0 Å². The van der Waals surface area contributed by atoms with Crippen molar-refractivity contribution in [1.82, 2.24) is 9.80 Å². The third-order valence-corrected chi connectivity index (χ3v) is 9.37. The van der Waals surface area contributed by atoms with Gasteiger partial charge in [0.25, 0.3) is 11.8 Å². The molecule has 0 spiro atoms. The minimum Gasteiger partial charge on any atom is -0.504 e. The SMILES string of the molecule is CCN1C(=O)[C@H]2[C@H](CC=C3[C@H]2C[C@@]2(Cl)C(=O)N(C)C(=O)[C@@]2(Cl)[C@H]3c2ccc(OC)c(O)c2)C1=O. The number of rotatable bonds is 3. The van der Waals surface area contributed by atoms with Crippen molar-refractivity contribution in [3.8, 4) is 11.5 Å². The molecule has 1 N–H and O–H groups in total. The van der Waals surface area contributed by atoms with Crippen LogP contribution in [0.5, 0.6) is 11.5 Å². The Morgan fingerprint density at radius 1 is 1.12 bits per heavy atom. The lowest BCUT2D eigenvalue weighted by atomic mass is 9.56. The summed E-state index contributed by atoms with van der Waals surface area (Å²) in [6.45, 7) is 2.00. The van der Waals surface area contributed by atoms with Crippen LogP contribution in [0.3, 0.4) is 0 Å². The van der Waals surface area contributed by atoms with E-state index in [-0.39, 0.29) is 36.3 Å². The van der Waals surface area contributed by atoms with Crippen LogP contribution < -0.4 is 4.74 Å². The van der Waals surface area contributed by atoms with Crippen LogP contribution in [0.2, 0.25) is 0 Å². The van der Waals surface area contributed by atoms with Gasteiger partial charge in [-0.25, -0.2) is 0 Å². The number of halogens is 2. The van der Waals surface area contributed by atoms with Crippen molar-refractivity contribution in [2.45, 2.75) is 35.4 Å². The summed E-state index contributed by atoms with van der Waals surface area (Å²) >= 11 is 14.1. The molecule has 1 aromatic rings. The molecule has 2 aliphatic carbocycles. The summed E-state index contributed by atoms with van der Waals surface area (Å²) in [6, 6.07) is 4.65. The molecule has 2 heterocycles. The Labute approximate surface area is 206 Å². The predicted octanol–water partition coefficient (Wildman–Crippen LogP) is 2.41. The molecule has 180 valence electrons. The van der Waals surface area contributed by atoms with Crippen molar-refractivity contribution in [3.05, 3.63) is 35.4 Å². The van der Waals surface area contributed by atoms with Gasteiger partial charge in [-0.05, 0) is 43.4 Å². The highest BCUT2D eigenvalue weighted by Crippen LogP contribution is 2.65. The Morgan fingerprint density at radius 3 is 2.44 bits per heavy atom. The number of likely N-dealkylation sites (tertiary alicyclic amines) is 2. The highest BCUT2D eigenvalue weighted by Gasteiger charge is 2.75. The van der Waals surface area contributed by atoms with Crippen LogP contribution in [0.25, 0.3) is 0 Å². The Balaban J connectivity index is 1.73. The maximum Gasteiger partial charge on any atom is 0.253 e. The lowest BCUT2D eigenvalue weighted by Crippen LogP contribution is -2.60. The molecule has 4 aliphatic rings. The van der Waals surface area contributed by atoms with Gasteiger partial charge in [0.1, 0.15) is 0 Å². The average molecular weight is 507 g/mol. The van der Waals surface area contributed by atoms with E-state index >= 15 is 0 Å². The van der Waals surface area contributed by atoms with Crippen LogP contribution in [-0.4, -0.2) is 69.0 Å². The quantitative estimate of drug-likeness (QED) is 0.383. The molecule has 8 nitrogen and oxygen atoms in total. The standard InChI is InChI=1S/C24H24Cl2N2O6/c1-4-28-19(30)13-7-6-12-14(17(13)20(28)31)10-23(25)21(32)27(2)22(33)24(23,26)18(12)11-5-8-16(34-3)15(29)9-11/h5-6,8-9,13-14,17-18,29H,4,7,10H2,1-3H3/t13-,14+,17-,18-,23+,24-/m0/s1. The fourth-order valence-electron chi connectivity index (χ4n) is 6.38. The first-order valence-corrected chi connectivity index (χ1v) is 11.9. The number of phenols is 1. The molecule has 1 saturated carbocycles. The zero-order chi connectivity index (χ0) is 24.7. The summed E-state index contributed by atoms with van der Waals surface area (Å²) in [5.74, 6) is -4.42. The van der Waals surface area contributed by atoms with Gasteiger partial charge in [-0.1, -0.05) is 17.7 Å². The number of imide groups is 2. The Kier molecular flexibility index (Phi) is 5.08. The summed E-state index contributed by atoms with van der Waals surface area (Å²) in [5.41, 5.74) is 1.15. The number of hydrogen-bond donors (Lipinski definition) is 1. The molecular formula is C24H24Cl2N2O6. The second kappa shape index (κ2) is 7.46. The number of amides is 4. The molecule has 2 aliphatic heterocycles. The van der Waals surface area contributed by atoms with E-state index in [2.05, 4.69) is 0 Å². The molecule has 34 heavy (non-hydrogen) atoms. The molecule has 0 radical (unpaired) electrons. The lowest BCUT2D eigenvalue weighted by Gasteiger charge is -2.50. The third kappa shape index (κ3) is 2.61. The van der Waals surface area contributed by atoms with E-state index in [0.29, 0.717) is 17.6 Å². The monoisotopic (exact) mass is 506 g/mol. The number of allylic oxidation sites excluding steroid dienone is 2. The maximum absolute atomic E-state index is 13.4. The molecule has 0 aromatic heterocycles. The second-order valence-corrected chi connectivity index (χ2v) is 10.6. The highest BCUT2D eigenvalue weighted by atomic mass is 35.5. The fraction of sp³-hybridized carbons (Fsp3) is 0.500. The van der Waals surface area contributed by atoms with Crippen LogP contribution in [0.1, 0.15) is 31.2 Å². The van der Waals surface area contributed by atoms with E-state index in [0.717, 1.165) is 4.90 Å². The van der Waals surface area contributed by atoms with Crippen molar-refractivity contribution >= 4 is 46.8 Å². The Morgan fingerprint density at radius 2 is 1.82 bits per heavy atom. The van der Waals surface area contributed by atoms with Crippen molar-refractivity contribution < 1.29 is 29.0 Å². The fourth-order valence-corrected chi connectivity index (χ4v) is 7.40. The number of hydrogen-bond acceptors (Lipinski definition) is 6. The number of benzene rings is 1. The van der Waals surface area contributed by atoms with E-state index in [1.54, 1.807) is 19.1 Å². The van der Waals surface area contributed by atoms with Crippen molar-refractivity contribution in [2.24, 2.45) is 17.8 Å². The summed E-state index contributed by atoms with van der Waals surface area (Å²) < 4.78 is 5.15. The van der Waals surface area contributed by atoms with E-state index in [1.165, 1.54) is 25.1 Å². The topological polar surface area (TPSA) is 104 Å². The number of nitrogens with zero attached hydrogens (tertiary/aromatic N) is 2. The Bertz CT molecular complexity index is 1180. The van der Waals surface area contributed by atoms with Gasteiger partial charge in [0.15, 0.2) is 21.2 Å². The minimum atomic E-state index is -1.87. The predicted molar refractivity (Wildman–Crippen MR) is 123 cm³/mol. The molecule has 5 rings (SSSR count). The number of alkyl halides is 2. The summed E-state index contributed by atoms with van der Waals surface area (Å²) in [5, 5.41) is 10.5. The van der Waals surface area contributed by atoms with Gasteiger partial charge in [-0.2, -0.15) is 0 Å². The number of fused-ring (bicyclic) bond motifs is 4. The van der Waals surface area contributed by atoms with Gasteiger partial charge in [0.05, 0.1) is 18.9 Å². The van der Waals surface area contributed by atoms with Gasteiger partial charge >= 0.3 is 0 Å². The summed E-state index contributed by atoms with van der Waals surface area (Å²) in [7, 11) is 2.75. The molecule has 10 heteroatoms. The smallest absolute Gasteiger partial charge is 0.253 e. The van der Waals surface area contributed by atoms with Crippen LogP contribution >= 0.6 is 23.2 Å². The third-order valence-electron chi connectivity index (χ3n) is 7.96. The van der Waals surface area contributed by atoms with Crippen LogP contribution in [0, 0.1) is 17.8 Å². The maximum atomic E-state index is 13.4. The number of phenolic OH excluding ortho intramolecular Hbond substituents is 1. The van der Waals surface area contributed by atoms with E-state index in [1.807, 2.05) is 6.08 Å². The first kappa shape index (κ1) is 23.2. The van der Waals surface area contributed by atoms with Crippen LogP contribution in [0.15, 0.2) is 29.8 Å². The number of carbonyl (C=O) groups excluding carboxylic acids is 4. The first-order valence-electron chi connectivity index (χ1n) is 11.1. The molecule has 0 unspecified atom stereocenters. The molecular weight excluding hydrogens is 483 g/mol. The number of ether oxygens (including phenoxy) is 1. The van der Waals surface area contributed by atoms with Gasteiger partial charge in [0.2, 0.25) is 11.8 Å². The molecule has 2 saturated heterocycles. The van der Waals surface area contributed by atoms with E-state index in [9.17, 15) is 24.3 Å². The van der Waals surface area contributed by atoms with Gasteiger partial charge in [-0.15, -0.1) is 23.2 Å². The molecule has 6 atom stereocenters. The summed E-state index contributed by atoms with van der Waals surface area (Å²) in [4.78, 5) is 51.4. The van der Waals surface area contributed by atoms with Gasteiger partial charge in [0, 0.05) is 19.5 Å². The number of methoxy groups -OCH3 is 1. The average Bonchev–Trinajstić information content (AvgIpc) is 3.13. The zero-order valence-corrected chi connectivity index (χ0v) is 20.4. The molecule has 0 bridgehead atoms. The summed E-state index contributed by atoms with van der Waals surface area (Å²) in [6.07, 6.45) is 2.13. The van der Waals surface area contributed by atoms with Crippen LogP contribution in [0.4, 0.5) is 0 Å². The van der Waals surface area contributed by atoms with Gasteiger partial charge in [-0.3, -0.25) is 29.0 Å².